The first-order valence-corrected chi connectivity index (χ1v) is 9.18. The summed E-state index contributed by atoms with van der Waals surface area (Å²) in [6.45, 7) is 1.72. The molecule has 0 saturated heterocycles. The van der Waals surface area contributed by atoms with Gasteiger partial charge in [0.15, 0.2) is 5.60 Å². The molecule has 0 amide bonds. The van der Waals surface area contributed by atoms with E-state index >= 15 is 0 Å². The number of aromatic carboxylic acids is 1. The monoisotopic (exact) mass is 392 g/mol. The second-order valence-electron chi connectivity index (χ2n) is 7.28. The molecule has 2 aromatic heterocycles. The van der Waals surface area contributed by atoms with Gasteiger partial charge >= 0.3 is 11.9 Å². The molecule has 0 fully saturated rings. The third-order valence-electron chi connectivity index (χ3n) is 5.77. The van der Waals surface area contributed by atoms with E-state index in [0.29, 0.717) is 22.3 Å². The van der Waals surface area contributed by atoms with Crippen LogP contribution < -0.4 is 5.56 Å². The number of para-hydroxylation sites is 1. The molecule has 8 nitrogen and oxygen atoms in total. The van der Waals surface area contributed by atoms with Crippen molar-refractivity contribution in [3.8, 4) is 11.4 Å². The molecule has 4 heterocycles. The third-order valence-corrected chi connectivity index (χ3v) is 5.77. The number of rotatable bonds is 2. The van der Waals surface area contributed by atoms with Crippen LogP contribution in [0.15, 0.2) is 35.1 Å². The van der Waals surface area contributed by atoms with Crippen LogP contribution >= 0.6 is 0 Å². The first-order valence-electron chi connectivity index (χ1n) is 9.18. The highest BCUT2D eigenvalue weighted by atomic mass is 16.6. The molecule has 2 aliphatic heterocycles. The zero-order valence-corrected chi connectivity index (χ0v) is 15.4. The van der Waals surface area contributed by atoms with Gasteiger partial charge in [-0.1, -0.05) is 19.1 Å². The molecule has 8 heteroatoms. The molecular formula is C21H16N2O6. The number of carbonyl (C=O) groups is 2. The fourth-order valence-electron chi connectivity index (χ4n) is 4.18. The molecule has 0 unspecified atom stereocenters. The minimum Gasteiger partial charge on any atom is -0.478 e. The largest absolute Gasteiger partial charge is 0.478 e. The third kappa shape index (κ3) is 2.23. The Morgan fingerprint density at radius 2 is 2.10 bits per heavy atom. The van der Waals surface area contributed by atoms with E-state index in [0.717, 1.165) is 5.56 Å². The Morgan fingerprint density at radius 1 is 1.31 bits per heavy atom. The van der Waals surface area contributed by atoms with E-state index in [2.05, 4.69) is 4.98 Å². The predicted molar refractivity (Wildman–Crippen MR) is 101 cm³/mol. The zero-order chi connectivity index (χ0) is 20.5. The quantitative estimate of drug-likeness (QED) is 0.499. The van der Waals surface area contributed by atoms with E-state index < -0.39 is 17.5 Å². The highest BCUT2D eigenvalue weighted by Crippen LogP contribution is 2.38. The standard InChI is InChI=1S/C21H16N2O6/c1-2-21(28)14-7-15-17-11(8-23(15)18(24)13(14)9-29-20(21)27)6-10-4-3-5-12(19(25)26)16(10)22-17/h3-7,28H,2,8-9H2,1H3,(H,25,26)/t21-/m0/s1. The van der Waals surface area contributed by atoms with Crippen molar-refractivity contribution in [2.75, 3.05) is 0 Å². The summed E-state index contributed by atoms with van der Waals surface area (Å²) in [7, 11) is 0. The number of benzene rings is 1. The van der Waals surface area contributed by atoms with Crippen molar-refractivity contribution >= 4 is 22.8 Å². The Kier molecular flexibility index (Phi) is 3.48. The van der Waals surface area contributed by atoms with Crippen LogP contribution in [0.5, 0.6) is 0 Å². The number of carboxylic acids is 1. The van der Waals surface area contributed by atoms with Gasteiger partial charge < -0.3 is 19.5 Å². The van der Waals surface area contributed by atoms with Crippen molar-refractivity contribution in [2.45, 2.75) is 32.1 Å². The zero-order valence-electron chi connectivity index (χ0n) is 15.4. The number of cyclic esters (lactones) is 1. The van der Waals surface area contributed by atoms with E-state index in [9.17, 15) is 24.6 Å². The minimum atomic E-state index is -1.89. The van der Waals surface area contributed by atoms with Crippen LogP contribution in [0.1, 0.15) is 40.4 Å². The Morgan fingerprint density at radius 3 is 2.83 bits per heavy atom. The Labute approximate surface area is 164 Å². The molecule has 2 aliphatic rings. The van der Waals surface area contributed by atoms with Crippen molar-refractivity contribution in [2.24, 2.45) is 0 Å². The number of esters is 1. The molecule has 5 rings (SSSR count). The molecule has 3 aromatic rings. The highest BCUT2D eigenvalue weighted by molar-refractivity contribution is 6.02. The molecular weight excluding hydrogens is 376 g/mol. The summed E-state index contributed by atoms with van der Waals surface area (Å²) >= 11 is 0. The van der Waals surface area contributed by atoms with Gasteiger partial charge in [0, 0.05) is 16.5 Å². The molecule has 0 aliphatic carbocycles. The van der Waals surface area contributed by atoms with Crippen LogP contribution in [0, 0.1) is 0 Å². The molecule has 0 radical (unpaired) electrons. The van der Waals surface area contributed by atoms with Crippen molar-refractivity contribution < 1.29 is 24.5 Å². The van der Waals surface area contributed by atoms with Crippen LogP contribution in [0.3, 0.4) is 0 Å². The van der Waals surface area contributed by atoms with Crippen molar-refractivity contribution in [1.82, 2.24) is 9.55 Å². The average Bonchev–Trinajstić information content (AvgIpc) is 3.07. The summed E-state index contributed by atoms with van der Waals surface area (Å²) in [5.41, 5.74) is 0.323. The number of pyridine rings is 2. The van der Waals surface area contributed by atoms with Gasteiger partial charge in [-0.15, -0.1) is 0 Å². The molecule has 146 valence electrons. The Balaban J connectivity index is 1.81. The summed E-state index contributed by atoms with van der Waals surface area (Å²) in [4.78, 5) is 41.4. The van der Waals surface area contributed by atoms with E-state index in [4.69, 9.17) is 4.74 Å². The predicted octanol–water partition coefficient (Wildman–Crippen LogP) is 1.78. The van der Waals surface area contributed by atoms with Gasteiger partial charge in [-0.05, 0) is 24.6 Å². The number of hydrogen-bond donors (Lipinski definition) is 2. The number of ether oxygens (including phenoxy) is 1. The van der Waals surface area contributed by atoms with Gasteiger partial charge in [-0.3, -0.25) is 4.79 Å². The van der Waals surface area contributed by atoms with Gasteiger partial charge in [0.25, 0.3) is 5.56 Å². The normalized spacial score (nSPS) is 19.4. The number of carboxylic acid groups (broad SMARTS) is 1. The molecule has 29 heavy (non-hydrogen) atoms. The van der Waals surface area contributed by atoms with E-state index in [-0.39, 0.29) is 41.8 Å². The first kappa shape index (κ1) is 17.6. The number of nitrogens with zero attached hydrogens (tertiary/aromatic N) is 2. The number of hydrogen-bond acceptors (Lipinski definition) is 6. The van der Waals surface area contributed by atoms with E-state index in [1.54, 1.807) is 25.1 Å². The highest BCUT2D eigenvalue weighted by Gasteiger charge is 2.45. The molecule has 1 atom stereocenters. The van der Waals surface area contributed by atoms with Gasteiger partial charge in [0.1, 0.15) is 6.61 Å². The van der Waals surface area contributed by atoms with Crippen molar-refractivity contribution in [1.29, 1.82) is 0 Å². The summed E-state index contributed by atoms with van der Waals surface area (Å²) in [5.74, 6) is -1.87. The summed E-state index contributed by atoms with van der Waals surface area (Å²) < 4.78 is 6.57. The SMILES string of the molecule is CC[C@@]1(O)C(=O)OCc2c1cc1n(c2=O)Cc2cc3cccc(C(=O)O)c3nc2-1. The van der Waals surface area contributed by atoms with E-state index in [1.807, 2.05) is 6.07 Å². The van der Waals surface area contributed by atoms with Gasteiger partial charge in [0.05, 0.1) is 34.6 Å². The second kappa shape index (κ2) is 5.74. The van der Waals surface area contributed by atoms with Crippen molar-refractivity contribution in [3.05, 3.63) is 62.9 Å². The summed E-state index contributed by atoms with van der Waals surface area (Å²) in [6, 6.07) is 8.33. The fraction of sp³-hybridized carbons (Fsp3) is 0.238. The number of aromatic nitrogens is 2. The number of carbonyl (C=O) groups excluding carboxylic acids is 1. The first-order chi connectivity index (χ1) is 13.8. The van der Waals surface area contributed by atoms with Crippen LogP contribution in [-0.4, -0.2) is 31.7 Å². The van der Waals surface area contributed by atoms with E-state index in [1.165, 1.54) is 10.6 Å². The maximum absolute atomic E-state index is 13.1. The lowest BCUT2D eigenvalue weighted by Crippen LogP contribution is -2.44. The maximum atomic E-state index is 13.1. The van der Waals surface area contributed by atoms with Crippen LogP contribution in [0.2, 0.25) is 0 Å². The topological polar surface area (TPSA) is 119 Å². The Hall–Kier alpha value is -3.52. The van der Waals surface area contributed by atoms with Gasteiger partial charge in [-0.2, -0.15) is 0 Å². The lowest BCUT2D eigenvalue weighted by molar-refractivity contribution is -0.172. The molecule has 0 bridgehead atoms. The fourth-order valence-corrected chi connectivity index (χ4v) is 4.18. The van der Waals surface area contributed by atoms with Crippen LogP contribution in [0.4, 0.5) is 0 Å². The van der Waals surface area contributed by atoms with Crippen LogP contribution in [-0.2, 0) is 28.3 Å². The average molecular weight is 392 g/mol. The number of fused-ring (bicyclic) bond motifs is 5. The maximum Gasteiger partial charge on any atom is 0.343 e. The van der Waals surface area contributed by atoms with Crippen molar-refractivity contribution in [3.63, 3.8) is 0 Å². The number of aliphatic hydroxyl groups is 1. The Bertz CT molecular complexity index is 1310. The summed E-state index contributed by atoms with van der Waals surface area (Å²) in [5, 5.41) is 21.0. The smallest absolute Gasteiger partial charge is 0.343 e. The molecule has 0 spiro atoms. The lowest BCUT2D eigenvalue weighted by Gasteiger charge is -2.31. The minimum absolute atomic E-state index is 0.0584. The molecule has 0 saturated carbocycles. The van der Waals surface area contributed by atoms with Gasteiger partial charge in [-0.25, -0.2) is 14.6 Å². The molecule has 1 aromatic carbocycles. The van der Waals surface area contributed by atoms with Crippen LogP contribution in [0.25, 0.3) is 22.3 Å². The summed E-state index contributed by atoms with van der Waals surface area (Å²) in [6.07, 6.45) is 0.0584. The van der Waals surface area contributed by atoms with Gasteiger partial charge in [0.2, 0.25) is 0 Å². The molecule has 2 N–H and O–H groups in total. The second-order valence-corrected chi connectivity index (χ2v) is 7.28. The lowest BCUT2D eigenvalue weighted by atomic mass is 9.86.